The van der Waals surface area contributed by atoms with Crippen LogP contribution in [0.5, 0.6) is 0 Å². The van der Waals surface area contributed by atoms with Gasteiger partial charge in [0.25, 0.3) is 6.47 Å². The molecule has 0 spiro atoms. The smallest absolute Gasteiger partial charge is 0.293 e. The molecule has 0 aliphatic carbocycles. The van der Waals surface area contributed by atoms with Crippen molar-refractivity contribution in [3.8, 4) is 0 Å². The molecule has 18 heavy (non-hydrogen) atoms. The van der Waals surface area contributed by atoms with Gasteiger partial charge in [0.2, 0.25) is 0 Å². The molecule has 0 heterocycles. The van der Waals surface area contributed by atoms with Crippen molar-refractivity contribution in [2.75, 3.05) is 6.61 Å². The lowest BCUT2D eigenvalue weighted by Crippen LogP contribution is -2.14. The summed E-state index contributed by atoms with van der Waals surface area (Å²) in [5.74, 6) is 0. The zero-order valence-electron chi connectivity index (χ0n) is 11.9. The molecule has 0 saturated carbocycles. The van der Waals surface area contributed by atoms with Gasteiger partial charge in [0, 0.05) is 0 Å². The van der Waals surface area contributed by atoms with Crippen LogP contribution in [0.4, 0.5) is 0 Å². The number of aliphatic hydroxyl groups excluding tert-OH is 1. The Kier molecular flexibility index (Phi) is 14.0. The molecule has 1 atom stereocenters. The monoisotopic (exact) mass is 258 g/mol. The molecule has 0 aliphatic heterocycles. The molecule has 0 aromatic heterocycles. The van der Waals surface area contributed by atoms with E-state index in [2.05, 4.69) is 11.7 Å². The molecule has 0 aliphatic rings. The zero-order chi connectivity index (χ0) is 13.5. The third kappa shape index (κ3) is 13.5. The van der Waals surface area contributed by atoms with Crippen molar-refractivity contribution in [3.63, 3.8) is 0 Å². The van der Waals surface area contributed by atoms with Crippen LogP contribution < -0.4 is 0 Å². The minimum Gasteiger partial charge on any atom is -0.465 e. The molecule has 3 heteroatoms. The highest BCUT2D eigenvalue weighted by Gasteiger charge is 2.03. The minimum atomic E-state index is -0.482. The molecule has 3 nitrogen and oxygen atoms in total. The molecule has 1 unspecified atom stereocenters. The number of hydrogen-bond acceptors (Lipinski definition) is 3. The van der Waals surface area contributed by atoms with Crippen LogP contribution in [0.2, 0.25) is 0 Å². The van der Waals surface area contributed by atoms with Crippen LogP contribution in [0.1, 0.15) is 77.6 Å². The fraction of sp³-hybridized carbons (Fsp3) is 0.933. The summed E-state index contributed by atoms with van der Waals surface area (Å²) in [6, 6.07) is 0. The second-order valence-corrected chi connectivity index (χ2v) is 5.05. The highest BCUT2D eigenvalue weighted by Crippen LogP contribution is 2.11. The highest BCUT2D eigenvalue weighted by molar-refractivity contribution is 5.36. The van der Waals surface area contributed by atoms with Crippen LogP contribution >= 0.6 is 0 Å². The van der Waals surface area contributed by atoms with E-state index in [1.165, 1.54) is 57.8 Å². The van der Waals surface area contributed by atoms with Gasteiger partial charge in [-0.05, 0) is 6.42 Å². The van der Waals surface area contributed by atoms with E-state index in [0.29, 0.717) is 6.47 Å². The van der Waals surface area contributed by atoms with Gasteiger partial charge in [0.1, 0.15) is 6.61 Å². The van der Waals surface area contributed by atoms with Crippen molar-refractivity contribution in [3.05, 3.63) is 0 Å². The zero-order valence-corrected chi connectivity index (χ0v) is 11.9. The number of carbonyl (C=O) groups excluding carboxylic acids is 1. The standard InChI is InChI=1S/C15H30O3/c1-2-3-4-5-6-7-8-9-10-11-12-15(17)13-18-14-16/h14-15,17H,2-13H2,1H3. The first-order valence-corrected chi connectivity index (χ1v) is 7.54. The first-order chi connectivity index (χ1) is 8.81. The van der Waals surface area contributed by atoms with Gasteiger partial charge in [-0.2, -0.15) is 0 Å². The lowest BCUT2D eigenvalue weighted by molar-refractivity contribution is -0.131. The third-order valence-electron chi connectivity index (χ3n) is 3.25. The third-order valence-corrected chi connectivity index (χ3v) is 3.25. The topological polar surface area (TPSA) is 46.5 Å². The van der Waals surface area contributed by atoms with Crippen molar-refractivity contribution in [1.82, 2.24) is 0 Å². The maximum absolute atomic E-state index is 9.92. The summed E-state index contributed by atoms with van der Waals surface area (Å²) in [5.41, 5.74) is 0. The Hall–Kier alpha value is -0.570. The van der Waals surface area contributed by atoms with Gasteiger partial charge in [0.05, 0.1) is 6.10 Å². The molecule has 0 rings (SSSR count). The number of ether oxygens (including phenoxy) is 1. The van der Waals surface area contributed by atoms with Crippen molar-refractivity contribution >= 4 is 6.47 Å². The summed E-state index contributed by atoms with van der Waals surface area (Å²) in [6.45, 7) is 2.78. The van der Waals surface area contributed by atoms with E-state index in [9.17, 15) is 9.90 Å². The molecule has 0 fully saturated rings. The number of carbonyl (C=O) groups is 1. The largest absolute Gasteiger partial charge is 0.465 e. The van der Waals surface area contributed by atoms with Gasteiger partial charge < -0.3 is 9.84 Å². The predicted molar refractivity (Wildman–Crippen MR) is 74.5 cm³/mol. The Morgan fingerprint density at radius 3 is 1.94 bits per heavy atom. The quantitative estimate of drug-likeness (QED) is 0.380. The van der Waals surface area contributed by atoms with E-state index in [1.807, 2.05) is 0 Å². The summed E-state index contributed by atoms with van der Waals surface area (Å²) < 4.78 is 4.51. The molecule has 0 bridgehead atoms. The van der Waals surface area contributed by atoms with Crippen molar-refractivity contribution in [2.24, 2.45) is 0 Å². The van der Waals surface area contributed by atoms with Crippen LogP contribution in [-0.4, -0.2) is 24.3 Å². The first kappa shape index (κ1) is 17.4. The molecule has 108 valence electrons. The molecule has 0 aromatic carbocycles. The van der Waals surface area contributed by atoms with Crippen LogP contribution in [0.3, 0.4) is 0 Å². The highest BCUT2D eigenvalue weighted by atomic mass is 16.5. The Bertz CT molecular complexity index is 171. The average Bonchev–Trinajstić information content (AvgIpc) is 2.38. The number of hydrogen-bond donors (Lipinski definition) is 1. The van der Waals surface area contributed by atoms with E-state index >= 15 is 0 Å². The van der Waals surface area contributed by atoms with Gasteiger partial charge in [-0.15, -0.1) is 0 Å². The van der Waals surface area contributed by atoms with E-state index in [0.717, 1.165) is 12.8 Å². The Morgan fingerprint density at radius 2 is 1.44 bits per heavy atom. The van der Waals surface area contributed by atoms with Crippen molar-refractivity contribution in [1.29, 1.82) is 0 Å². The van der Waals surface area contributed by atoms with E-state index in [4.69, 9.17) is 0 Å². The Morgan fingerprint density at radius 1 is 0.944 bits per heavy atom. The number of unbranched alkanes of at least 4 members (excludes halogenated alkanes) is 9. The van der Waals surface area contributed by atoms with Crippen LogP contribution in [0.15, 0.2) is 0 Å². The van der Waals surface area contributed by atoms with E-state index in [1.54, 1.807) is 0 Å². The number of rotatable bonds is 14. The molecule has 0 saturated heterocycles. The lowest BCUT2D eigenvalue weighted by Gasteiger charge is -2.08. The van der Waals surface area contributed by atoms with E-state index < -0.39 is 6.10 Å². The Labute approximate surface area is 112 Å². The summed E-state index contributed by atoms with van der Waals surface area (Å²) in [4.78, 5) is 9.92. The van der Waals surface area contributed by atoms with Gasteiger partial charge in [0.15, 0.2) is 0 Å². The van der Waals surface area contributed by atoms with Gasteiger partial charge in [-0.25, -0.2) is 0 Å². The fourth-order valence-corrected chi connectivity index (χ4v) is 2.10. The van der Waals surface area contributed by atoms with Crippen LogP contribution in [0.25, 0.3) is 0 Å². The first-order valence-electron chi connectivity index (χ1n) is 7.54. The van der Waals surface area contributed by atoms with Crippen LogP contribution in [-0.2, 0) is 9.53 Å². The second kappa shape index (κ2) is 14.5. The van der Waals surface area contributed by atoms with Gasteiger partial charge in [-0.1, -0.05) is 71.1 Å². The molecule has 1 N–H and O–H groups in total. The molecule has 0 aromatic rings. The SMILES string of the molecule is CCCCCCCCCCCCC(O)COC=O. The van der Waals surface area contributed by atoms with E-state index in [-0.39, 0.29) is 6.61 Å². The molecular formula is C15H30O3. The molecule has 0 amide bonds. The predicted octanol–water partition coefficient (Wildman–Crippen LogP) is 3.83. The van der Waals surface area contributed by atoms with Crippen molar-refractivity contribution in [2.45, 2.75) is 83.7 Å². The van der Waals surface area contributed by atoms with Gasteiger partial charge >= 0.3 is 0 Å². The number of aliphatic hydroxyl groups is 1. The Balaban J connectivity index is 3.04. The van der Waals surface area contributed by atoms with Crippen molar-refractivity contribution < 1.29 is 14.6 Å². The molecular weight excluding hydrogens is 228 g/mol. The summed E-state index contributed by atoms with van der Waals surface area (Å²) >= 11 is 0. The average molecular weight is 258 g/mol. The van der Waals surface area contributed by atoms with Crippen LogP contribution in [0, 0.1) is 0 Å². The minimum absolute atomic E-state index is 0.140. The maximum Gasteiger partial charge on any atom is 0.293 e. The second-order valence-electron chi connectivity index (χ2n) is 5.05. The maximum atomic E-state index is 9.92. The summed E-state index contributed by atoms with van der Waals surface area (Å²) in [6.07, 6.45) is 13.2. The molecule has 0 radical (unpaired) electrons. The van der Waals surface area contributed by atoms with Gasteiger partial charge in [-0.3, -0.25) is 4.79 Å². The summed E-state index contributed by atoms with van der Waals surface area (Å²) in [7, 11) is 0. The normalized spacial score (nSPS) is 12.3. The lowest BCUT2D eigenvalue weighted by atomic mass is 10.0. The summed E-state index contributed by atoms with van der Waals surface area (Å²) in [5, 5.41) is 9.42. The fourth-order valence-electron chi connectivity index (χ4n) is 2.10.